The predicted octanol–water partition coefficient (Wildman–Crippen LogP) is 4.92. The quantitative estimate of drug-likeness (QED) is 0.371. The molecular weight excluding hydrogens is 492 g/mol. The predicted molar refractivity (Wildman–Crippen MR) is 150 cm³/mol. The molecule has 8 heteroatoms. The number of carbonyl (C=O) groups is 2. The molecular formula is C31H32N4O4. The zero-order valence-corrected chi connectivity index (χ0v) is 22.8. The Kier molecular flexibility index (Phi) is 6.87. The molecule has 0 saturated carbocycles. The lowest BCUT2D eigenvalue weighted by molar-refractivity contribution is -0.126. The van der Waals surface area contributed by atoms with Gasteiger partial charge in [0.25, 0.3) is 5.91 Å². The molecule has 39 heavy (non-hydrogen) atoms. The fourth-order valence-electron chi connectivity index (χ4n) is 5.18. The summed E-state index contributed by atoms with van der Waals surface area (Å²) >= 11 is 0. The minimum atomic E-state index is -1.24. The summed E-state index contributed by atoms with van der Waals surface area (Å²) in [5.41, 5.74) is 4.22. The lowest BCUT2D eigenvalue weighted by atomic mass is 9.93. The van der Waals surface area contributed by atoms with Gasteiger partial charge >= 0.3 is 0 Å². The molecule has 2 amide bonds. The number of anilines is 1. The summed E-state index contributed by atoms with van der Waals surface area (Å²) in [4.78, 5) is 29.7. The molecule has 1 aromatic heterocycles. The summed E-state index contributed by atoms with van der Waals surface area (Å²) in [5.74, 6) is 0.855. The van der Waals surface area contributed by atoms with E-state index in [9.17, 15) is 9.59 Å². The van der Waals surface area contributed by atoms with Crippen LogP contribution in [-0.2, 0) is 17.9 Å². The van der Waals surface area contributed by atoms with Crippen molar-refractivity contribution in [1.29, 1.82) is 0 Å². The highest BCUT2D eigenvalue weighted by Crippen LogP contribution is 2.35. The van der Waals surface area contributed by atoms with Gasteiger partial charge in [-0.1, -0.05) is 24.3 Å². The average molecular weight is 525 g/mol. The third-order valence-corrected chi connectivity index (χ3v) is 7.12. The number of amides is 2. The van der Waals surface area contributed by atoms with Gasteiger partial charge in [0.1, 0.15) is 22.7 Å². The number of aryl methyl sites for hydroxylation is 2. The van der Waals surface area contributed by atoms with E-state index in [0.29, 0.717) is 22.8 Å². The minimum Gasteiger partial charge on any atom is -0.497 e. The second kappa shape index (κ2) is 10.3. The van der Waals surface area contributed by atoms with Crippen molar-refractivity contribution in [2.45, 2.75) is 39.4 Å². The van der Waals surface area contributed by atoms with Crippen LogP contribution in [0.5, 0.6) is 11.5 Å². The van der Waals surface area contributed by atoms with Crippen LogP contribution in [0.15, 0.2) is 72.8 Å². The van der Waals surface area contributed by atoms with Gasteiger partial charge in [-0.3, -0.25) is 19.2 Å². The maximum absolute atomic E-state index is 14.1. The number of para-hydroxylation sites is 1. The molecule has 0 fully saturated rings. The summed E-state index contributed by atoms with van der Waals surface area (Å²) in [7, 11) is 3.22. The van der Waals surface area contributed by atoms with Crippen LogP contribution in [0.3, 0.4) is 0 Å². The Hall–Kier alpha value is -4.59. The van der Waals surface area contributed by atoms with E-state index in [1.54, 1.807) is 36.8 Å². The van der Waals surface area contributed by atoms with Gasteiger partial charge in [0, 0.05) is 23.4 Å². The van der Waals surface area contributed by atoms with Crippen molar-refractivity contribution in [2.75, 3.05) is 19.1 Å². The van der Waals surface area contributed by atoms with Crippen LogP contribution in [0.1, 0.15) is 34.1 Å². The molecule has 0 unspecified atom stereocenters. The lowest BCUT2D eigenvalue weighted by Crippen LogP contribution is -2.64. The highest BCUT2D eigenvalue weighted by molar-refractivity contribution is 6.12. The maximum Gasteiger partial charge on any atom is 0.277 e. The Morgan fingerprint density at radius 3 is 2.33 bits per heavy atom. The summed E-state index contributed by atoms with van der Waals surface area (Å²) in [6.07, 6.45) is 0. The third kappa shape index (κ3) is 4.85. The van der Waals surface area contributed by atoms with Crippen molar-refractivity contribution in [1.82, 2.24) is 15.1 Å². The molecule has 0 aliphatic carbocycles. The molecule has 3 aromatic carbocycles. The van der Waals surface area contributed by atoms with Gasteiger partial charge in [-0.05, 0) is 80.4 Å². The summed E-state index contributed by atoms with van der Waals surface area (Å²) in [6, 6.07) is 22.8. The minimum absolute atomic E-state index is 0.189. The van der Waals surface area contributed by atoms with Gasteiger partial charge in [0.2, 0.25) is 5.91 Å². The molecule has 4 aromatic rings. The fraction of sp³-hybridized carbons (Fsp3) is 0.258. The number of benzene rings is 3. The number of hydrogen-bond donors (Lipinski definition) is 1. The Labute approximate surface area is 228 Å². The van der Waals surface area contributed by atoms with Crippen LogP contribution < -0.4 is 19.7 Å². The Morgan fingerprint density at radius 1 is 0.974 bits per heavy atom. The van der Waals surface area contributed by atoms with E-state index in [1.807, 2.05) is 80.6 Å². The van der Waals surface area contributed by atoms with E-state index >= 15 is 0 Å². The number of nitrogens with one attached hydrogen (secondary N) is 1. The number of fused-ring (bicyclic) bond motifs is 1. The van der Waals surface area contributed by atoms with E-state index < -0.39 is 5.54 Å². The van der Waals surface area contributed by atoms with Crippen LogP contribution in [0.4, 0.5) is 5.69 Å². The van der Waals surface area contributed by atoms with E-state index in [-0.39, 0.29) is 24.9 Å². The molecule has 8 nitrogen and oxygen atoms in total. The van der Waals surface area contributed by atoms with Crippen molar-refractivity contribution in [3.8, 4) is 22.8 Å². The molecule has 0 saturated heterocycles. The van der Waals surface area contributed by atoms with Gasteiger partial charge in [-0.2, -0.15) is 5.10 Å². The number of hydrogen-bond acceptors (Lipinski definition) is 5. The number of rotatable bonds is 7. The first kappa shape index (κ1) is 26.0. The number of methoxy groups -OCH3 is 2. The summed E-state index contributed by atoms with van der Waals surface area (Å²) < 4.78 is 12.4. The summed E-state index contributed by atoms with van der Waals surface area (Å²) in [6.45, 7) is 6.20. The molecule has 0 radical (unpaired) electrons. The van der Waals surface area contributed by atoms with Crippen LogP contribution in [0.2, 0.25) is 0 Å². The van der Waals surface area contributed by atoms with Gasteiger partial charge in [-0.25, -0.2) is 0 Å². The molecule has 1 atom stereocenters. The highest BCUT2D eigenvalue weighted by atomic mass is 16.5. The van der Waals surface area contributed by atoms with Crippen LogP contribution in [-0.4, -0.2) is 41.4 Å². The first-order chi connectivity index (χ1) is 18.7. The van der Waals surface area contributed by atoms with E-state index in [1.165, 1.54) is 0 Å². The lowest BCUT2D eigenvalue weighted by Gasteiger charge is -2.43. The topological polar surface area (TPSA) is 85.7 Å². The van der Waals surface area contributed by atoms with Crippen LogP contribution in [0, 0.1) is 13.8 Å². The van der Waals surface area contributed by atoms with Crippen molar-refractivity contribution >= 4 is 17.5 Å². The Morgan fingerprint density at radius 2 is 1.67 bits per heavy atom. The van der Waals surface area contributed by atoms with Gasteiger partial charge < -0.3 is 14.8 Å². The zero-order valence-electron chi connectivity index (χ0n) is 22.8. The molecule has 0 bridgehead atoms. The third-order valence-electron chi connectivity index (χ3n) is 7.12. The van der Waals surface area contributed by atoms with Crippen molar-refractivity contribution < 1.29 is 19.1 Å². The van der Waals surface area contributed by atoms with Crippen molar-refractivity contribution in [3.05, 3.63) is 95.2 Å². The van der Waals surface area contributed by atoms with E-state index in [4.69, 9.17) is 14.6 Å². The standard InChI is InChI=1S/C31H32N4O4/c1-20-14-21(2)16-24(15-20)35-29(36)27-17-26(22-10-12-25(38-4)13-11-22)33-34(27)19-31(35,3)30(37)32-18-23-8-6-7-9-28(23)39-5/h6-17H,18-19H2,1-5H3,(H,32,37)/t31-/m0/s1. The monoisotopic (exact) mass is 524 g/mol. The van der Waals surface area contributed by atoms with Crippen LogP contribution >= 0.6 is 0 Å². The smallest absolute Gasteiger partial charge is 0.277 e. The summed E-state index contributed by atoms with van der Waals surface area (Å²) in [5, 5.41) is 7.79. The molecule has 1 aliphatic rings. The number of nitrogens with zero attached hydrogens (tertiary/aromatic N) is 3. The zero-order chi connectivity index (χ0) is 27.7. The normalized spacial score (nSPS) is 16.5. The average Bonchev–Trinajstić information content (AvgIpc) is 3.35. The second-order valence-corrected chi connectivity index (χ2v) is 10.1. The fourth-order valence-corrected chi connectivity index (χ4v) is 5.18. The first-order valence-electron chi connectivity index (χ1n) is 12.8. The largest absolute Gasteiger partial charge is 0.497 e. The van der Waals surface area contributed by atoms with Gasteiger partial charge in [0.05, 0.1) is 26.5 Å². The van der Waals surface area contributed by atoms with Crippen molar-refractivity contribution in [3.63, 3.8) is 0 Å². The highest BCUT2D eigenvalue weighted by Gasteiger charge is 2.49. The SMILES string of the molecule is COc1ccc(-c2cc3n(n2)C[C@@](C)(C(=O)NCc2ccccc2OC)N(c2cc(C)cc(C)c2)C3=O)cc1. The number of carbonyl (C=O) groups excluding carboxylic acids is 2. The van der Waals surface area contributed by atoms with E-state index in [0.717, 1.165) is 28.0 Å². The number of aromatic nitrogens is 2. The van der Waals surface area contributed by atoms with Crippen molar-refractivity contribution in [2.24, 2.45) is 0 Å². The molecule has 2 heterocycles. The molecule has 200 valence electrons. The maximum atomic E-state index is 14.1. The number of ether oxygens (including phenoxy) is 2. The van der Waals surface area contributed by atoms with Gasteiger partial charge in [-0.15, -0.1) is 0 Å². The first-order valence-corrected chi connectivity index (χ1v) is 12.8. The molecule has 5 rings (SSSR count). The van der Waals surface area contributed by atoms with Gasteiger partial charge in [0.15, 0.2) is 0 Å². The Bertz CT molecular complexity index is 1520. The molecule has 1 aliphatic heterocycles. The molecule has 0 spiro atoms. The second-order valence-electron chi connectivity index (χ2n) is 10.1. The molecule has 1 N–H and O–H groups in total. The Balaban J connectivity index is 1.55. The van der Waals surface area contributed by atoms with E-state index in [2.05, 4.69) is 5.32 Å². The van der Waals surface area contributed by atoms with Crippen LogP contribution in [0.25, 0.3) is 11.3 Å².